The second-order valence-corrected chi connectivity index (χ2v) is 4.38. The van der Waals surface area contributed by atoms with E-state index in [0.29, 0.717) is 6.42 Å². The molecule has 104 valence electrons. The standard InChI is InChI=1S/C14H19NO4/c1-3-9-14(13(18)19,15-12(17)4-2)10-7-5-6-8-11(10)16/h5-8,16H,3-4,9H2,1-2H3,(H,15,17)(H,18,19). The zero-order valence-corrected chi connectivity index (χ0v) is 11.1. The summed E-state index contributed by atoms with van der Waals surface area (Å²) < 4.78 is 0. The average Bonchev–Trinajstić information content (AvgIpc) is 2.38. The van der Waals surface area contributed by atoms with Gasteiger partial charge in [-0.25, -0.2) is 4.79 Å². The van der Waals surface area contributed by atoms with Crippen molar-refractivity contribution in [2.75, 3.05) is 0 Å². The van der Waals surface area contributed by atoms with Crippen LogP contribution in [0, 0.1) is 0 Å². The Kier molecular flexibility index (Phi) is 4.92. The molecule has 0 aliphatic rings. The molecule has 0 saturated heterocycles. The van der Waals surface area contributed by atoms with Gasteiger partial charge in [-0.1, -0.05) is 38.5 Å². The van der Waals surface area contributed by atoms with Crippen LogP contribution in [0.5, 0.6) is 5.75 Å². The molecule has 0 aromatic heterocycles. The highest BCUT2D eigenvalue weighted by Gasteiger charge is 2.42. The monoisotopic (exact) mass is 265 g/mol. The predicted molar refractivity (Wildman–Crippen MR) is 70.8 cm³/mol. The van der Waals surface area contributed by atoms with Crippen molar-refractivity contribution in [2.24, 2.45) is 0 Å². The minimum Gasteiger partial charge on any atom is -0.508 e. The van der Waals surface area contributed by atoms with Gasteiger partial charge in [0.05, 0.1) is 0 Å². The van der Waals surface area contributed by atoms with Crippen molar-refractivity contribution in [3.05, 3.63) is 29.8 Å². The summed E-state index contributed by atoms with van der Waals surface area (Å²) in [6.45, 7) is 3.48. The molecule has 0 saturated carbocycles. The lowest BCUT2D eigenvalue weighted by Gasteiger charge is -2.31. The van der Waals surface area contributed by atoms with Gasteiger partial charge in [0.15, 0.2) is 5.54 Å². The van der Waals surface area contributed by atoms with Crippen LogP contribution in [0.1, 0.15) is 38.7 Å². The molecule has 5 heteroatoms. The van der Waals surface area contributed by atoms with Crippen LogP contribution in [0.3, 0.4) is 0 Å². The molecule has 1 amide bonds. The molecular formula is C14H19NO4. The third-order valence-electron chi connectivity index (χ3n) is 3.03. The van der Waals surface area contributed by atoms with Gasteiger partial charge in [0.1, 0.15) is 5.75 Å². The molecule has 0 spiro atoms. The van der Waals surface area contributed by atoms with E-state index < -0.39 is 11.5 Å². The Hall–Kier alpha value is -2.04. The van der Waals surface area contributed by atoms with Crippen molar-refractivity contribution in [2.45, 2.75) is 38.6 Å². The molecule has 0 bridgehead atoms. The molecule has 0 aliphatic heterocycles. The zero-order chi connectivity index (χ0) is 14.5. The first-order valence-electron chi connectivity index (χ1n) is 6.30. The van der Waals surface area contributed by atoms with Gasteiger partial charge in [0.2, 0.25) is 5.91 Å². The third-order valence-corrected chi connectivity index (χ3v) is 3.03. The molecule has 5 nitrogen and oxygen atoms in total. The molecule has 1 unspecified atom stereocenters. The van der Waals surface area contributed by atoms with Gasteiger partial charge in [0, 0.05) is 12.0 Å². The third kappa shape index (κ3) is 3.05. The van der Waals surface area contributed by atoms with Crippen LogP contribution in [-0.2, 0) is 15.1 Å². The van der Waals surface area contributed by atoms with Crippen molar-refractivity contribution in [1.82, 2.24) is 5.32 Å². The fourth-order valence-corrected chi connectivity index (χ4v) is 2.08. The number of carbonyl (C=O) groups is 2. The van der Waals surface area contributed by atoms with Gasteiger partial charge >= 0.3 is 5.97 Å². The lowest BCUT2D eigenvalue weighted by atomic mass is 9.84. The maximum atomic E-state index is 11.7. The van der Waals surface area contributed by atoms with Crippen molar-refractivity contribution < 1.29 is 19.8 Å². The summed E-state index contributed by atoms with van der Waals surface area (Å²) in [5.41, 5.74) is -1.36. The van der Waals surface area contributed by atoms with E-state index in [-0.39, 0.29) is 30.1 Å². The van der Waals surface area contributed by atoms with Crippen LogP contribution in [0.15, 0.2) is 24.3 Å². The number of phenols is 1. The molecule has 3 N–H and O–H groups in total. The number of rotatable bonds is 6. The molecule has 0 aliphatic carbocycles. The maximum absolute atomic E-state index is 11.7. The van der Waals surface area contributed by atoms with Crippen LogP contribution >= 0.6 is 0 Å². The van der Waals surface area contributed by atoms with E-state index in [1.54, 1.807) is 19.1 Å². The summed E-state index contributed by atoms with van der Waals surface area (Å²) in [7, 11) is 0. The first-order chi connectivity index (χ1) is 8.97. The number of carboxylic acids is 1. The highest BCUT2D eigenvalue weighted by Crippen LogP contribution is 2.33. The SMILES string of the molecule is CCCC(NC(=O)CC)(C(=O)O)c1ccccc1O. The highest BCUT2D eigenvalue weighted by molar-refractivity contribution is 5.88. The number of aliphatic carboxylic acids is 1. The Morgan fingerprint density at radius 1 is 1.26 bits per heavy atom. The Labute approximate surface area is 112 Å². The van der Waals surface area contributed by atoms with E-state index in [1.807, 2.05) is 6.92 Å². The zero-order valence-electron chi connectivity index (χ0n) is 11.1. The number of carboxylic acid groups (broad SMARTS) is 1. The van der Waals surface area contributed by atoms with E-state index in [1.165, 1.54) is 12.1 Å². The van der Waals surface area contributed by atoms with Crippen LogP contribution in [0.2, 0.25) is 0 Å². The normalized spacial score (nSPS) is 13.6. The number of benzene rings is 1. The molecule has 1 atom stereocenters. The second-order valence-electron chi connectivity index (χ2n) is 4.38. The molecule has 0 fully saturated rings. The van der Waals surface area contributed by atoms with Crippen molar-refractivity contribution >= 4 is 11.9 Å². The number of phenolic OH excluding ortho intramolecular Hbond substituents is 1. The lowest BCUT2D eigenvalue weighted by Crippen LogP contribution is -2.51. The fraction of sp³-hybridized carbons (Fsp3) is 0.429. The Morgan fingerprint density at radius 3 is 2.37 bits per heavy atom. The summed E-state index contributed by atoms with van der Waals surface area (Å²) >= 11 is 0. The number of amides is 1. The maximum Gasteiger partial charge on any atom is 0.334 e. The molecule has 1 aromatic rings. The highest BCUT2D eigenvalue weighted by atomic mass is 16.4. The summed E-state index contributed by atoms with van der Waals surface area (Å²) in [5.74, 6) is -1.66. The van der Waals surface area contributed by atoms with Gasteiger partial charge in [-0.15, -0.1) is 0 Å². The van der Waals surface area contributed by atoms with Gasteiger partial charge in [-0.3, -0.25) is 4.79 Å². The average molecular weight is 265 g/mol. The quantitative estimate of drug-likeness (QED) is 0.734. The van der Waals surface area contributed by atoms with E-state index >= 15 is 0 Å². The summed E-state index contributed by atoms with van der Waals surface area (Å²) in [5, 5.41) is 22.0. The van der Waals surface area contributed by atoms with Crippen LogP contribution in [0.4, 0.5) is 0 Å². The van der Waals surface area contributed by atoms with Gasteiger partial charge in [0.25, 0.3) is 0 Å². The summed E-state index contributed by atoms with van der Waals surface area (Å²) in [6, 6.07) is 6.19. The number of hydrogen-bond donors (Lipinski definition) is 3. The van der Waals surface area contributed by atoms with Gasteiger partial charge in [-0.2, -0.15) is 0 Å². The van der Waals surface area contributed by atoms with E-state index in [4.69, 9.17) is 0 Å². The number of aromatic hydroxyl groups is 1. The van der Waals surface area contributed by atoms with Crippen molar-refractivity contribution in [3.8, 4) is 5.75 Å². The van der Waals surface area contributed by atoms with Gasteiger partial charge in [-0.05, 0) is 12.5 Å². The molecule has 0 radical (unpaired) electrons. The fourth-order valence-electron chi connectivity index (χ4n) is 2.08. The van der Waals surface area contributed by atoms with E-state index in [9.17, 15) is 19.8 Å². The smallest absolute Gasteiger partial charge is 0.334 e. The second kappa shape index (κ2) is 6.22. The van der Waals surface area contributed by atoms with Gasteiger partial charge < -0.3 is 15.5 Å². The molecule has 1 aromatic carbocycles. The van der Waals surface area contributed by atoms with E-state index in [2.05, 4.69) is 5.32 Å². The van der Waals surface area contributed by atoms with Crippen LogP contribution in [0.25, 0.3) is 0 Å². The topological polar surface area (TPSA) is 86.6 Å². The molecular weight excluding hydrogens is 246 g/mol. The number of hydrogen-bond acceptors (Lipinski definition) is 3. The largest absolute Gasteiger partial charge is 0.508 e. The minimum absolute atomic E-state index is 0.130. The lowest BCUT2D eigenvalue weighted by molar-refractivity contribution is -0.148. The van der Waals surface area contributed by atoms with Crippen LogP contribution < -0.4 is 5.32 Å². The number of para-hydroxylation sites is 1. The Bertz CT molecular complexity index is 472. The van der Waals surface area contributed by atoms with E-state index in [0.717, 1.165) is 0 Å². The Morgan fingerprint density at radius 2 is 1.89 bits per heavy atom. The molecule has 19 heavy (non-hydrogen) atoms. The predicted octanol–water partition coefficient (Wildman–Crippen LogP) is 2.00. The molecule has 1 rings (SSSR count). The first-order valence-corrected chi connectivity index (χ1v) is 6.30. The van der Waals surface area contributed by atoms with Crippen molar-refractivity contribution in [3.63, 3.8) is 0 Å². The van der Waals surface area contributed by atoms with Crippen LogP contribution in [-0.4, -0.2) is 22.1 Å². The summed E-state index contributed by atoms with van der Waals surface area (Å²) in [4.78, 5) is 23.3. The number of carbonyl (C=O) groups excluding carboxylic acids is 1. The molecule has 0 heterocycles. The Balaban J connectivity index is 3.35. The minimum atomic E-state index is -1.58. The number of nitrogens with one attached hydrogen (secondary N) is 1. The first kappa shape index (κ1) is 15.0. The van der Waals surface area contributed by atoms with Crippen molar-refractivity contribution in [1.29, 1.82) is 0 Å². The summed E-state index contributed by atoms with van der Waals surface area (Å²) in [6.07, 6.45) is 0.961.